The summed E-state index contributed by atoms with van der Waals surface area (Å²) in [5, 5.41) is 7.47. The highest BCUT2D eigenvalue weighted by Crippen LogP contribution is 2.42. The van der Waals surface area contributed by atoms with E-state index in [4.69, 9.17) is 9.97 Å². The second-order valence-electron chi connectivity index (χ2n) is 14.8. The zero-order chi connectivity index (χ0) is 30.9. The molecule has 0 saturated carbocycles. The van der Waals surface area contributed by atoms with Crippen molar-refractivity contribution in [1.82, 2.24) is 20.0 Å². The van der Waals surface area contributed by atoms with Crippen LogP contribution in [0.5, 0.6) is 0 Å². The second kappa shape index (κ2) is 12.4. The van der Waals surface area contributed by atoms with Gasteiger partial charge in [-0.2, -0.15) is 0 Å². The number of nitrogens with zero attached hydrogens (tertiary/aromatic N) is 3. The van der Waals surface area contributed by atoms with Gasteiger partial charge in [-0.1, -0.05) is 33.8 Å². The van der Waals surface area contributed by atoms with Crippen molar-refractivity contribution in [1.29, 1.82) is 0 Å². The lowest BCUT2D eigenvalue weighted by Crippen LogP contribution is -2.40. The van der Waals surface area contributed by atoms with Gasteiger partial charge in [0, 0.05) is 53.1 Å². The Morgan fingerprint density at radius 1 is 1.12 bits per heavy atom. The lowest BCUT2D eigenvalue weighted by atomic mass is 9.83. The van der Waals surface area contributed by atoms with E-state index in [2.05, 4.69) is 61.8 Å². The highest BCUT2D eigenvalue weighted by Gasteiger charge is 2.43. The minimum Gasteiger partial charge on any atom is -0.367 e. The summed E-state index contributed by atoms with van der Waals surface area (Å²) >= 11 is 1.22. The number of amides is 2. The van der Waals surface area contributed by atoms with E-state index in [-0.39, 0.29) is 34.3 Å². The SMILES string of the molecule is CC1CC(CCCC(=O)NC(C)(C)C)Nc2cccc(n2)SNC(=O)c2ccc(C(C)(C)C)nc2N2CC1CC2(C)C. The van der Waals surface area contributed by atoms with E-state index in [0.717, 1.165) is 49.6 Å². The normalized spacial score (nSPS) is 22.7. The fourth-order valence-corrected chi connectivity index (χ4v) is 6.69. The Bertz CT molecular complexity index is 1280. The Hall–Kier alpha value is -2.81. The standard InChI is InChI=1S/C33H50N6O2S/c1-21-18-23(12-10-14-27(40)37-32(5,6)7)34-26-13-11-15-28(36-26)42-38-30(41)24-16-17-25(31(2,3)4)35-29(24)39-20-22(21)19-33(39,8)9/h11,13,15-17,21-23H,10,12,14,18-20H2,1-9H3,(H,34,36)(H,37,40)(H,38,41). The molecule has 2 aliphatic heterocycles. The summed E-state index contributed by atoms with van der Waals surface area (Å²) in [6.07, 6.45) is 4.15. The maximum Gasteiger partial charge on any atom is 0.265 e. The summed E-state index contributed by atoms with van der Waals surface area (Å²) in [7, 11) is 0. The molecule has 1 saturated heterocycles. The van der Waals surface area contributed by atoms with E-state index in [1.807, 2.05) is 51.1 Å². The molecule has 2 aromatic heterocycles. The van der Waals surface area contributed by atoms with Gasteiger partial charge in [-0.15, -0.1) is 0 Å². The third-order valence-electron chi connectivity index (χ3n) is 8.31. The highest BCUT2D eigenvalue weighted by atomic mass is 32.2. The summed E-state index contributed by atoms with van der Waals surface area (Å²) in [6.45, 7) is 20.2. The first-order chi connectivity index (χ1) is 19.5. The smallest absolute Gasteiger partial charge is 0.265 e. The van der Waals surface area contributed by atoms with Gasteiger partial charge >= 0.3 is 0 Å². The molecule has 3 atom stereocenters. The average Bonchev–Trinajstić information content (AvgIpc) is 3.20. The van der Waals surface area contributed by atoms with Gasteiger partial charge < -0.3 is 15.5 Å². The van der Waals surface area contributed by atoms with Gasteiger partial charge in [0.25, 0.3) is 5.91 Å². The van der Waals surface area contributed by atoms with E-state index < -0.39 is 0 Å². The molecule has 3 unspecified atom stereocenters. The largest absolute Gasteiger partial charge is 0.367 e. The van der Waals surface area contributed by atoms with Gasteiger partial charge in [-0.05, 0) is 96.4 Å². The number of aromatic nitrogens is 2. The van der Waals surface area contributed by atoms with Crippen LogP contribution in [0, 0.1) is 11.8 Å². The third kappa shape index (κ3) is 8.17. The zero-order valence-electron chi connectivity index (χ0n) is 26.9. The number of hydrogen-bond donors (Lipinski definition) is 3. The van der Waals surface area contributed by atoms with Crippen molar-refractivity contribution in [2.45, 2.75) is 122 Å². The van der Waals surface area contributed by atoms with Crippen LogP contribution >= 0.6 is 11.9 Å². The predicted octanol–water partition coefficient (Wildman–Crippen LogP) is 6.72. The molecule has 4 rings (SSSR count). The van der Waals surface area contributed by atoms with Crippen LogP contribution in [0.25, 0.3) is 0 Å². The zero-order valence-corrected chi connectivity index (χ0v) is 27.7. The molecule has 0 aliphatic carbocycles. The van der Waals surface area contributed by atoms with Crippen molar-refractivity contribution in [3.63, 3.8) is 0 Å². The monoisotopic (exact) mass is 594 g/mol. The van der Waals surface area contributed by atoms with Gasteiger partial charge in [0.2, 0.25) is 5.91 Å². The van der Waals surface area contributed by atoms with Gasteiger partial charge in [0.05, 0.1) is 5.56 Å². The van der Waals surface area contributed by atoms with Crippen molar-refractivity contribution >= 4 is 35.4 Å². The molecule has 0 aromatic carbocycles. The quantitative estimate of drug-likeness (QED) is 0.338. The van der Waals surface area contributed by atoms with Crippen molar-refractivity contribution < 1.29 is 9.59 Å². The first-order valence-corrected chi connectivity index (χ1v) is 16.1. The topological polar surface area (TPSA) is 99.2 Å². The molecule has 230 valence electrons. The summed E-state index contributed by atoms with van der Waals surface area (Å²) in [5.74, 6) is 2.32. The molecule has 2 aromatic rings. The molecule has 0 radical (unpaired) electrons. The van der Waals surface area contributed by atoms with Gasteiger partial charge in [-0.3, -0.25) is 14.3 Å². The van der Waals surface area contributed by atoms with Crippen LogP contribution in [0.3, 0.4) is 0 Å². The van der Waals surface area contributed by atoms with E-state index in [9.17, 15) is 9.59 Å². The first kappa shape index (κ1) is 32.1. The molecule has 42 heavy (non-hydrogen) atoms. The van der Waals surface area contributed by atoms with Gasteiger partial charge in [0.15, 0.2) is 0 Å². The summed E-state index contributed by atoms with van der Waals surface area (Å²) in [4.78, 5) is 38.4. The minimum absolute atomic E-state index is 0.0916. The predicted molar refractivity (Wildman–Crippen MR) is 173 cm³/mol. The van der Waals surface area contributed by atoms with Crippen molar-refractivity contribution in [2.75, 3.05) is 16.8 Å². The van der Waals surface area contributed by atoms with E-state index in [1.54, 1.807) is 0 Å². The number of anilines is 2. The van der Waals surface area contributed by atoms with Gasteiger partial charge in [0.1, 0.15) is 16.7 Å². The minimum atomic E-state index is -0.230. The van der Waals surface area contributed by atoms with Crippen LogP contribution < -0.4 is 20.3 Å². The van der Waals surface area contributed by atoms with Crippen molar-refractivity contribution in [3.8, 4) is 0 Å². The number of carbonyl (C=O) groups excluding carboxylic acids is 2. The van der Waals surface area contributed by atoms with E-state index >= 15 is 0 Å². The van der Waals surface area contributed by atoms with Crippen LogP contribution in [0.1, 0.15) is 110 Å². The summed E-state index contributed by atoms with van der Waals surface area (Å²) in [5.41, 5.74) is 1.04. The van der Waals surface area contributed by atoms with Crippen LogP contribution in [0.4, 0.5) is 11.6 Å². The van der Waals surface area contributed by atoms with Crippen molar-refractivity contribution in [2.24, 2.45) is 11.8 Å². The first-order valence-electron chi connectivity index (χ1n) is 15.3. The van der Waals surface area contributed by atoms with Crippen LogP contribution in [0.15, 0.2) is 35.4 Å². The molecule has 9 heteroatoms. The number of carbonyl (C=O) groups is 2. The Labute approximate surface area is 256 Å². The molecule has 3 N–H and O–H groups in total. The Morgan fingerprint density at radius 3 is 2.55 bits per heavy atom. The van der Waals surface area contributed by atoms with Crippen molar-refractivity contribution in [3.05, 3.63) is 41.6 Å². The molecule has 2 aliphatic rings. The molecule has 8 nitrogen and oxygen atoms in total. The molecular formula is C33H50N6O2S. The molecule has 4 bridgehead atoms. The Kier molecular flexibility index (Phi) is 9.50. The fraction of sp³-hybridized carbons (Fsp3) is 0.636. The van der Waals surface area contributed by atoms with E-state index in [0.29, 0.717) is 28.8 Å². The molecule has 1 fully saturated rings. The van der Waals surface area contributed by atoms with E-state index in [1.165, 1.54) is 11.9 Å². The summed E-state index contributed by atoms with van der Waals surface area (Å²) in [6, 6.07) is 9.92. The molecule has 4 heterocycles. The maximum atomic E-state index is 13.6. The number of rotatable bonds is 4. The summed E-state index contributed by atoms with van der Waals surface area (Å²) < 4.78 is 3.02. The van der Waals surface area contributed by atoms with Gasteiger partial charge in [-0.25, -0.2) is 9.97 Å². The highest BCUT2D eigenvalue weighted by molar-refractivity contribution is 7.97. The van der Waals surface area contributed by atoms with Crippen LogP contribution in [-0.4, -0.2) is 45.4 Å². The second-order valence-corrected chi connectivity index (χ2v) is 15.7. The fourth-order valence-electron chi connectivity index (χ4n) is 6.10. The van der Waals surface area contributed by atoms with Crippen LogP contribution in [0.2, 0.25) is 0 Å². The Morgan fingerprint density at radius 2 is 1.86 bits per heavy atom. The van der Waals surface area contributed by atoms with Crippen LogP contribution in [-0.2, 0) is 10.2 Å². The maximum absolute atomic E-state index is 13.6. The molecule has 0 spiro atoms. The lowest BCUT2D eigenvalue weighted by Gasteiger charge is -2.34. The average molecular weight is 595 g/mol. The number of nitrogens with one attached hydrogen (secondary N) is 3. The lowest BCUT2D eigenvalue weighted by molar-refractivity contribution is -0.122. The third-order valence-corrected chi connectivity index (χ3v) is 9.03. The molecular weight excluding hydrogens is 544 g/mol. The Balaban J connectivity index is 1.65. The number of fused-ring (bicyclic) bond motifs is 6. The number of hydrogen-bond acceptors (Lipinski definition) is 7. The number of pyridine rings is 2. The molecule has 2 amide bonds.